The van der Waals surface area contributed by atoms with Crippen LogP contribution in [0.15, 0.2) is 24.3 Å². The third-order valence-electron chi connectivity index (χ3n) is 3.98. The average Bonchev–Trinajstić information content (AvgIpc) is 2.53. The zero-order valence-corrected chi connectivity index (χ0v) is 13.6. The number of ether oxygens (including phenoxy) is 1. The third-order valence-corrected chi connectivity index (χ3v) is 3.98. The van der Waals surface area contributed by atoms with E-state index in [1.807, 2.05) is 0 Å². The van der Waals surface area contributed by atoms with Crippen molar-refractivity contribution in [1.29, 1.82) is 0 Å². The molecule has 1 aliphatic rings. The van der Waals surface area contributed by atoms with Crippen molar-refractivity contribution in [3.05, 3.63) is 34.4 Å². The summed E-state index contributed by atoms with van der Waals surface area (Å²) in [4.78, 5) is 22.3. The van der Waals surface area contributed by atoms with Crippen molar-refractivity contribution < 1.29 is 14.5 Å². The SMILES string of the molecule is Cl.NCC1CCCCC1NC(=O)COc1ccccc1[N+](=O)[O-]. The molecular formula is C15H22ClN3O4. The van der Waals surface area contributed by atoms with Gasteiger partial charge in [0.15, 0.2) is 12.4 Å². The molecule has 0 heterocycles. The van der Waals surface area contributed by atoms with Crippen molar-refractivity contribution in [1.82, 2.24) is 5.32 Å². The van der Waals surface area contributed by atoms with Gasteiger partial charge in [0.05, 0.1) is 4.92 Å². The van der Waals surface area contributed by atoms with Gasteiger partial charge in [-0.15, -0.1) is 12.4 Å². The number of nitrogens with one attached hydrogen (secondary N) is 1. The Morgan fingerprint density at radius 2 is 2.04 bits per heavy atom. The molecule has 1 fully saturated rings. The first-order chi connectivity index (χ1) is 10.6. The summed E-state index contributed by atoms with van der Waals surface area (Å²) in [5, 5.41) is 13.8. The molecule has 0 spiro atoms. The van der Waals surface area contributed by atoms with Crippen LogP contribution in [0.5, 0.6) is 5.75 Å². The van der Waals surface area contributed by atoms with Crippen LogP contribution >= 0.6 is 12.4 Å². The lowest BCUT2D eigenvalue weighted by atomic mass is 9.84. The van der Waals surface area contributed by atoms with Crippen LogP contribution in [0.2, 0.25) is 0 Å². The minimum atomic E-state index is -0.529. The van der Waals surface area contributed by atoms with E-state index in [4.69, 9.17) is 10.5 Å². The van der Waals surface area contributed by atoms with Crippen LogP contribution in [0.1, 0.15) is 25.7 Å². The van der Waals surface area contributed by atoms with E-state index in [0.29, 0.717) is 12.5 Å². The van der Waals surface area contributed by atoms with E-state index < -0.39 is 4.92 Å². The maximum absolute atomic E-state index is 12.0. The number of nitro groups is 1. The number of benzene rings is 1. The Morgan fingerprint density at radius 1 is 1.35 bits per heavy atom. The molecule has 1 amide bonds. The number of amides is 1. The molecule has 0 saturated heterocycles. The van der Waals surface area contributed by atoms with Crippen LogP contribution < -0.4 is 15.8 Å². The smallest absolute Gasteiger partial charge is 0.310 e. The van der Waals surface area contributed by atoms with Gasteiger partial charge in [-0.1, -0.05) is 25.0 Å². The number of hydrogen-bond donors (Lipinski definition) is 2. The first-order valence-corrected chi connectivity index (χ1v) is 7.47. The van der Waals surface area contributed by atoms with E-state index in [-0.39, 0.29) is 42.4 Å². The number of nitrogens with zero attached hydrogens (tertiary/aromatic N) is 1. The normalized spacial score (nSPS) is 20.2. The molecule has 2 rings (SSSR count). The summed E-state index contributed by atoms with van der Waals surface area (Å²) in [6.07, 6.45) is 4.15. The highest BCUT2D eigenvalue weighted by Crippen LogP contribution is 2.26. The van der Waals surface area contributed by atoms with Crippen LogP contribution in [-0.4, -0.2) is 30.0 Å². The minimum Gasteiger partial charge on any atom is -0.477 e. The Morgan fingerprint density at radius 3 is 2.74 bits per heavy atom. The topological polar surface area (TPSA) is 107 Å². The number of nitrogens with two attached hydrogens (primary N) is 1. The van der Waals surface area contributed by atoms with Crippen molar-refractivity contribution in [2.75, 3.05) is 13.2 Å². The van der Waals surface area contributed by atoms with E-state index in [0.717, 1.165) is 25.7 Å². The number of rotatable bonds is 6. The van der Waals surface area contributed by atoms with E-state index >= 15 is 0 Å². The predicted octanol–water partition coefficient (Wildman–Crippen LogP) is 2.03. The third kappa shape index (κ3) is 5.37. The fourth-order valence-electron chi connectivity index (χ4n) is 2.80. The molecule has 0 bridgehead atoms. The highest BCUT2D eigenvalue weighted by molar-refractivity contribution is 5.85. The molecule has 8 heteroatoms. The number of para-hydroxylation sites is 2. The largest absolute Gasteiger partial charge is 0.477 e. The molecule has 1 aliphatic carbocycles. The lowest BCUT2D eigenvalue weighted by Gasteiger charge is -2.31. The number of carbonyl (C=O) groups is 1. The van der Waals surface area contributed by atoms with Crippen molar-refractivity contribution in [3.8, 4) is 5.75 Å². The van der Waals surface area contributed by atoms with Crippen molar-refractivity contribution >= 4 is 24.0 Å². The Bertz CT molecular complexity index is 541. The van der Waals surface area contributed by atoms with Gasteiger partial charge >= 0.3 is 5.69 Å². The van der Waals surface area contributed by atoms with Crippen LogP contribution in [0.3, 0.4) is 0 Å². The second-order valence-electron chi connectivity index (χ2n) is 5.47. The molecule has 2 atom stereocenters. The molecule has 128 valence electrons. The monoisotopic (exact) mass is 343 g/mol. The molecule has 1 aromatic carbocycles. The molecule has 2 unspecified atom stereocenters. The highest BCUT2D eigenvalue weighted by Gasteiger charge is 2.25. The molecule has 23 heavy (non-hydrogen) atoms. The van der Waals surface area contributed by atoms with Crippen LogP contribution in [0.25, 0.3) is 0 Å². The second kappa shape index (κ2) is 9.32. The first-order valence-electron chi connectivity index (χ1n) is 7.47. The van der Waals surface area contributed by atoms with Crippen LogP contribution in [0.4, 0.5) is 5.69 Å². The number of hydrogen-bond acceptors (Lipinski definition) is 5. The first kappa shape index (κ1) is 19.2. The molecule has 7 nitrogen and oxygen atoms in total. The second-order valence-corrected chi connectivity index (χ2v) is 5.47. The summed E-state index contributed by atoms with van der Waals surface area (Å²) in [7, 11) is 0. The summed E-state index contributed by atoms with van der Waals surface area (Å²) in [5.41, 5.74) is 5.58. The maximum Gasteiger partial charge on any atom is 0.310 e. The van der Waals surface area contributed by atoms with Gasteiger partial charge in [-0.25, -0.2) is 0 Å². The van der Waals surface area contributed by atoms with E-state index in [9.17, 15) is 14.9 Å². The predicted molar refractivity (Wildman–Crippen MR) is 88.8 cm³/mol. The Labute approximate surface area is 141 Å². The summed E-state index contributed by atoms with van der Waals surface area (Å²) < 4.78 is 5.29. The van der Waals surface area contributed by atoms with Crippen LogP contribution in [0, 0.1) is 16.0 Å². The Balaban J connectivity index is 0.00000264. The maximum atomic E-state index is 12.0. The van der Waals surface area contributed by atoms with Crippen LogP contribution in [-0.2, 0) is 4.79 Å². The molecule has 3 N–H and O–H groups in total. The fourth-order valence-corrected chi connectivity index (χ4v) is 2.80. The van der Waals surface area contributed by atoms with Crippen molar-refractivity contribution in [3.63, 3.8) is 0 Å². The molecule has 0 radical (unpaired) electrons. The Kier molecular flexibility index (Phi) is 7.77. The number of carbonyl (C=O) groups excluding carboxylic acids is 1. The highest BCUT2D eigenvalue weighted by atomic mass is 35.5. The van der Waals surface area contributed by atoms with Gasteiger partial charge in [-0.3, -0.25) is 14.9 Å². The summed E-state index contributed by atoms with van der Waals surface area (Å²) in [6, 6.07) is 6.08. The van der Waals surface area contributed by atoms with Gasteiger partial charge in [0.1, 0.15) is 0 Å². The van der Waals surface area contributed by atoms with Crippen molar-refractivity contribution in [2.24, 2.45) is 11.7 Å². The Hall–Kier alpha value is -1.86. The zero-order chi connectivity index (χ0) is 15.9. The molecule has 0 aromatic heterocycles. The van der Waals surface area contributed by atoms with Gasteiger partial charge in [0.2, 0.25) is 0 Å². The quantitative estimate of drug-likeness (QED) is 0.607. The molecule has 1 saturated carbocycles. The summed E-state index contributed by atoms with van der Waals surface area (Å²) in [5.74, 6) is 0.119. The van der Waals surface area contributed by atoms with Gasteiger partial charge in [-0.2, -0.15) is 0 Å². The summed E-state index contributed by atoms with van der Waals surface area (Å²) in [6.45, 7) is 0.314. The number of halogens is 1. The molecular weight excluding hydrogens is 322 g/mol. The summed E-state index contributed by atoms with van der Waals surface area (Å²) >= 11 is 0. The van der Waals surface area contributed by atoms with E-state index in [2.05, 4.69) is 5.32 Å². The van der Waals surface area contributed by atoms with Gasteiger partial charge in [0.25, 0.3) is 5.91 Å². The van der Waals surface area contributed by atoms with Gasteiger partial charge in [-0.05, 0) is 31.4 Å². The lowest BCUT2D eigenvalue weighted by molar-refractivity contribution is -0.385. The fraction of sp³-hybridized carbons (Fsp3) is 0.533. The lowest BCUT2D eigenvalue weighted by Crippen LogP contribution is -2.46. The van der Waals surface area contributed by atoms with E-state index in [1.54, 1.807) is 12.1 Å². The van der Waals surface area contributed by atoms with Gasteiger partial charge < -0.3 is 15.8 Å². The van der Waals surface area contributed by atoms with E-state index in [1.165, 1.54) is 12.1 Å². The standard InChI is InChI=1S/C15H21N3O4.ClH/c16-9-11-5-1-2-6-12(11)17-15(19)10-22-14-8-4-3-7-13(14)18(20)21;/h3-4,7-8,11-12H,1-2,5-6,9-10,16H2,(H,17,19);1H. The number of nitro benzene ring substituents is 1. The average molecular weight is 344 g/mol. The van der Waals surface area contributed by atoms with Crippen molar-refractivity contribution in [2.45, 2.75) is 31.7 Å². The molecule has 0 aliphatic heterocycles. The molecule has 1 aromatic rings. The van der Waals surface area contributed by atoms with Gasteiger partial charge in [0, 0.05) is 12.1 Å². The zero-order valence-electron chi connectivity index (χ0n) is 12.8. The minimum absolute atomic E-state index is 0.